The first-order valence-electron chi connectivity index (χ1n) is 6.42. The van der Waals surface area contributed by atoms with Crippen LogP contribution < -0.4 is 10.6 Å². The smallest absolute Gasteiger partial charge is 0.320 e. The lowest BCUT2D eigenvalue weighted by atomic mass is 9.96. The summed E-state index contributed by atoms with van der Waals surface area (Å²) in [5, 5.41) is 14.6. The molecule has 98 valence electrons. The molecule has 0 unspecified atom stereocenters. The van der Waals surface area contributed by atoms with E-state index in [9.17, 15) is 4.79 Å². The van der Waals surface area contributed by atoms with Crippen molar-refractivity contribution in [3.05, 3.63) is 23.9 Å². The fraction of sp³-hybridized carbons (Fsp3) is 0.538. The van der Waals surface area contributed by atoms with Gasteiger partial charge in [0.05, 0.1) is 12.3 Å². The molecule has 1 aromatic heterocycles. The zero-order valence-electron chi connectivity index (χ0n) is 10.4. The first-order valence-corrected chi connectivity index (χ1v) is 6.42. The van der Waals surface area contributed by atoms with E-state index in [2.05, 4.69) is 15.6 Å². The Bertz CT molecular complexity index is 403. The molecule has 0 atom stereocenters. The molecule has 0 saturated heterocycles. The van der Waals surface area contributed by atoms with Crippen LogP contribution in [-0.2, 0) is 6.61 Å². The Morgan fingerprint density at radius 2 is 2.11 bits per heavy atom. The average molecular weight is 249 g/mol. The van der Waals surface area contributed by atoms with E-state index in [1.807, 2.05) is 0 Å². The fourth-order valence-corrected chi connectivity index (χ4v) is 2.22. The number of pyridine rings is 1. The average Bonchev–Trinajstić information content (AvgIpc) is 2.40. The highest BCUT2D eigenvalue weighted by atomic mass is 16.3. The van der Waals surface area contributed by atoms with Gasteiger partial charge in [0.15, 0.2) is 0 Å². The predicted molar refractivity (Wildman–Crippen MR) is 69.2 cm³/mol. The number of carbonyl (C=O) groups excluding carboxylic acids is 1. The van der Waals surface area contributed by atoms with Crippen LogP contribution in [0.3, 0.4) is 0 Å². The molecule has 1 heterocycles. The molecule has 1 fully saturated rings. The molecule has 0 spiro atoms. The summed E-state index contributed by atoms with van der Waals surface area (Å²) in [5.74, 6) is 0.467. The second-order valence-corrected chi connectivity index (χ2v) is 4.61. The molecule has 1 aromatic rings. The molecular formula is C13H19N3O2. The monoisotopic (exact) mass is 249 g/mol. The van der Waals surface area contributed by atoms with Crippen LogP contribution in [0.2, 0.25) is 0 Å². The molecule has 1 aliphatic rings. The van der Waals surface area contributed by atoms with E-state index in [4.69, 9.17) is 5.11 Å². The molecule has 2 rings (SSSR count). The van der Waals surface area contributed by atoms with E-state index < -0.39 is 0 Å². The zero-order valence-corrected chi connectivity index (χ0v) is 10.4. The number of nitrogens with one attached hydrogen (secondary N) is 2. The van der Waals surface area contributed by atoms with Crippen molar-refractivity contribution >= 4 is 11.8 Å². The summed E-state index contributed by atoms with van der Waals surface area (Å²) in [6, 6.07) is 5.24. The molecule has 0 radical (unpaired) electrons. The number of nitrogens with zero attached hydrogens (tertiary/aromatic N) is 1. The standard InChI is InChI=1S/C13H19N3O2/c17-9-11-7-4-8-12(14-11)16-13(18)15-10-5-2-1-3-6-10/h4,7-8,10,17H,1-3,5-6,9H2,(H2,14,15,16,18). The van der Waals surface area contributed by atoms with Crippen molar-refractivity contribution in [1.82, 2.24) is 10.3 Å². The number of hydrogen-bond acceptors (Lipinski definition) is 3. The summed E-state index contributed by atoms with van der Waals surface area (Å²) in [5.41, 5.74) is 0.547. The van der Waals surface area contributed by atoms with Gasteiger partial charge in [-0.1, -0.05) is 25.3 Å². The molecular weight excluding hydrogens is 230 g/mol. The number of aliphatic hydroxyl groups excluding tert-OH is 1. The summed E-state index contributed by atoms with van der Waals surface area (Å²) < 4.78 is 0. The van der Waals surface area contributed by atoms with Gasteiger partial charge in [-0.05, 0) is 25.0 Å². The maximum absolute atomic E-state index is 11.8. The molecule has 2 amide bonds. The third-order valence-corrected chi connectivity index (χ3v) is 3.15. The third-order valence-electron chi connectivity index (χ3n) is 3.15. The fourth-order valence-electron chi connectivity index (χ4n) is 2.22. The van der Waals surface area contributed by atoms with Crippen LogP contribution in [0.1, 0.15) is 37.8 Å². The minimum Gasteiger partial charge on any atom is -0.390 e. The van der Waals surface area contributed by atoms with E-state index in [1.54, 1.807) is 18.2 Å². The topological polar surface area (TPSA) is 74.2 Å². The SMILES string of the molecule is O=C(Nc1cccc(CO)n1)NC1CCCCC1. The van der Waals surface area contributed by atoms with E-state index >= 15 is 0 Å². The maximum atomic E-state index is 11.8. The van der Waals surface area contributed by atoms with Gasteiger partial charge in [0.25, 0.3) is 0 Å². The molecule has 1 saturated carbocycles. The molecule has 0 bridgehead atoms. The normalized spacial score (nSPS) is 16.3. The van der Waals surface area contributed by atoms with Crippen LogP contribution >= 0.6 is 0 Å². The van der Waals surface area contributed by atoms with Crippen LogP contribution in [-0.4, -0.2) is 22.2 Å². The maximum Gasteiger partial charge on any atom is 0.320 e. The zero-order chi connectivity index (χ0) is 12.8. The molecule has 0 aliphatic heterocycles. The number of rotatable bonds is 3. The van der Waals surface area contributed by atoms with E-state index in [-0.39, 0.29) is 18.7 Å². The molecule has 18 heavy (non-hydrogen) atoms. The van der Waals surface area contributed by atoms with Crippen molar-refractivity contribution in [2.45, 2.75) is 44.8 Å². The van der Waals surface area contributed by atoms with Gasteiger partial charge in [-0.3, -0.25) is 5.32 Å². The Kier molecular flexibility index (Phi) is 4.52. The number of aliphatic hydroxyl groups is 1. The Balaban J connectivity index is 1.85. The molecule has 1 aliphatic carbocycles. The molecule has 5 heteroatoms. The summed E-state index contributed by atoms with van der Waals surface area (Å²) >= 11 is 0. The first kappa shape index (κ1) is 12.8. The van der Waals surface area contributed by atoms with Crippen molar-refractivity contribution in [2.24, 2.45) is 0 Å². The van der Waals surface area contributed by atoms with Crippen LogP contribution in [0.25, 0.3) is 0 Å². The van der Waals surface area contributed by atoms with Crippen LogP contribution in [0.15, 0.2) is 18.2 Å². The van der Waals surface area contributed by atoms with Crippen LogP contribution in [0.4, 0.5) is 10.6 Å². The largest absolute Gasteiger partial charge is 0.390 e. The van der Waals surface area contributed by atoms with Crippen LogP contribution in [0, 0.1) is 0 Å². The van der Waals surface area contributed by atoms with Crippen molar-refractivity contribution in [2.75, 3.05) is 5.32 Å². The Labute approximate surface area is 107 Å². The first-order chi connectivity index (χ1) is 8.78. The Hall–Kier alpha value is -1.62. The molecule has 0 aromatic carbocycles. The van der Waals surface area contributed by atoms with E-state index in [0.29, 0.717) is 11.5 Å². The summed E-state index contributed by atoms with van der Waals surface area (Å²) in [6.07, 6.45) is 5.74. The lowest BCUT2D eigenvalue weighted by molar-refractivity contribution is 0.244. The second-order valence-electron chi connectivity index (χ2n) is 4.61. The summed E-state index contributed by atoms with van der Waals surface area (Å²) in [7, 11) is 0. The summed E-state index contributed by atoms with van der Waals surface area (Å²) in [4.78, 5) is 15.9. The predicted octanol–water partition coefficient (Wildman–Crippen LogP) is 2.03. The van der Waals surface area contributed by atoms with E-state index in [1.165, 1.54) is 19.3 Å². The van der Waals surface area contributed by atoms with Gasteiger partial charge in [-0.15, -0.1) is 0 Å². The molecule has 5 nitrogen and oxygen atoms in total. The highest BCUT2D eigenvalue weighted by Crippen LogP contribution is 2.17. The van der Waals surface area contributed by atoms with Gasteiger partial charge in [0.2, 0.25) is 0 Å². The number of urea groups is 1. The van der Waals surface area contributed by atoms with Crippen LogP contribution in [0.5, 0.6) is 0 Å². The number of hydrogen-bond donors (Lipinski definition) is 3. The van der Waals surface area contributed by atoms with Gasteiger partial charge in [0.1, 0.15) is 5.82 Å². The lowest BCUT2D eigenvalue weighted by Crippen LogP contribution is -2.39. The number of anilines is 1. The Morgan fingerprint density at radius 3 is 2.83 bits per heavy atom. The number of amides is 2. The number of carbonyl (C=O) groups is 1. The molecule has 3 N–H and O–H groups in total. The minimum absolute atomic E-state index is 0.125. The minimum atomic E-state index is -0.218. The second kappa shape index (κ2) is 6.35. The van der Waals surface area contributed by atoms with Gasteiger partial charge in [-0.25, -0.2) is 9.78 Å². The van der Waals surface area contributed by atoms with E-state index in [0.717, 1.165) is 12.8 Å². The summed E-state index contributed by atoms with van der Waals surface area (Å²) in [6.45, 7) is -0.125. The van der Waals surface area contributed by atoms with Crippen molar-refractivity contribution in [3.63, 3.8) is 0 Å². The van der Waals surface area contributed by atoms with Gasteiger partial charge < -0.3 is 10.4 Å². The van der Waals surface area contributed by atoms with Crippen molar-refractivity contribution < 1.29 is 9.90 Å². The van der Waals surface area contributed by atoms with Gasteiger partial charge in [-0.2, -0.15) is 0 Å². The number of aromatic nitrogens is 1. The Morgan fingerprint density at radius 1 is 1.33 bits per heavy atom. The highest BCUT2D eigenvalue weighted by Gasteiger charge is 2.15. The van der Waals surface area contributed by atoms with Gasteiger partial charge in [0, 0.05) is 6.04 Å². The highest BCUT2D eigenvalue weighted by molar-refractivity contribution is 5.88. The van der Waals surface area contributed by atoms with Crippen molar-refractivity contribution in [3.8, 4) is 0 Å². The quantitative estimate of drug-likeness (QED) is 0.767. The lowest BCUT2D eigenvalue weighted by Gasteiger charge is -2.22. The third kappa shape index (κ3) is 3.70. The van der Waals surface area contributed by atoms with Crippen molar-refractivity contribution in [1.29, 1.82) is 0 Å². The van der Waals surface area contributed by atoms with Gasteiger partial charge >= 0.3 is 6.03 Å².